The minimum atomic E-state index is 0.728. The van der Waals surface area contributed by atoms with Crippen LogP contribution in [0.2, 0.25) is 0 Å². The fourth-order valence-corrected chi connectivity index (χ4v) is 1.29. The molecule has 1 aromatic heterocycles. The van der Waals surface area contributed by atoms with E-state index in [4.69, 9.17) is 4.42 Å². The summed E-state index contributed by atoms with van der Waals surface area (Å²) in [6, 6.07) is 10.2. The topological polar surface area (TPSA) is 26.0 Å². The lowest BCUT2D eigenvalue weighted by Gasteiger charge is -1.94. The Hall–Kier alpha value is -1.57. The van der Waals surface area contributed by atoms with E-state index >= 15 is 0 Å². The maximum absolute atomic E-state index is 5.13. The summed E-state index contributed by atoms with van der Waals surface area (Å²) in [6.07, 6.45) is 2.56. The van der Waals surface area contributed by atoms with Crippen molar-refractivity contribution in [2.24, 2.45) is 0 Å². The molecule has 0 radical (unpaired) electrons. The van der Waals surface area contributed by atoms with Crippen molar-refractivity contribution in [1.29, 1.82) is 0 Å². The Kier molecular flexibility index (Phi) is 2.13. The van der Waals surface area contributed by atoms with Gasteiger partial charge in [-0.3, -0.25) is 0 Å². The van der Waals surface area contributed by atoms with E-state index in [0.717, 1.165) is 18.0 Å². The Morgan fingerprint density at radius 3 is 2.62 bits per heavy atom. The summed E-state index contributed by atoms with van der Waals surface area (Å²) in [7, 11) is 0. The molecule has 1 heterocycles. The van der Waals surface area contributed by atoms with Gasteiger partial charge in [-0.25, -0.2) is 4.98 Å². The molecule has 0 aliphatic carbocycles. The summed E-state index contributed by atoms with van der Waals surface area (Å²) < 4.78 is 5.13. The van der Waals surface area contributed by atoms with Gasteiger partial charge in [0, 0.05) is 13.3 Å². The number of rotatable bonds is 2. The normalized spacial score (nSPS) is 10.2. The molecule has 0 N–H and O–H groups in total. The Morgan fingerprint density at radius 1 is 1.23 bits per heavy atom. The van der Waals surface area contributed by atoms with E-state index in [1.54, 1.807) is 6.26 Å². The molecule has 0 saturated carbocycles. The van der Waals surface area contributed by atoms with Crippen LogP contribution in [0.15, 0.2) is 41.0 Å². The van der Waals surface area contributed by atoms with E-state index in [1.807, 2.05) is 25.1 Å². The number of hydrogen-bond donors (Lipinski definition) is 0. The van der Waals surface area contributed by atoms with Crippen LogP contribution in [0.3, 0.4) is 0 Å². The van der Waals surface area contributed by atoms with Gasteiger partial charge in [-0.05, 0) is 5.56 Å². The van der Waals surface area contributed by atoms with Crippen molar-refractivity contribution in [2.45, 2.75) is 13.3 Å². The van der Waals surface area contributed by atoms with Gasteiger partial charge in [0.05, 0.1) is 5.69 Å². The molecule has 0 aliphatic heterocycles. The lowest BCUT2D eigenvalue weighted by Crippen LogP contribution is -1.87. The highest BCUT2D eigenvalue weighted by atomic mass is 16.3. The first kappa shape index (κ1) is 8.05. The van der Waals surface area contributed by atoms with E-state index in [0.29, 0.717) is 0 Å². The second-order valence-corrected chi connectivity index (χ2v) is 3.02. The molecule has 1 aromatic carbocycles. The fraction of sp³-hybridized carbons (Fsp3) is 0.182. The molecule has 2 rings (SSSR count). The monoisotopic (exact) mass is 173 g/mol. The molecule has 2 aromatic rings. The van der Waals surface area contributed by atoms with Gasteiger partial charge in [-0.1, -0.05) is 30.3 Å². The van der Waals surface area contributed by atoms with Gasteiger partial charge in [0.15, 0.2) is 5.89 Å². The number of aryl methyl sites for hydroxylation is 1. The smallest absolute Gasteiger partial charge is 0.191 e. The second-order valence-electron chi connectivity index (χ2n) is 3.02. The van der Waals surface area contributed by atoms with Crippen molar-refractivity contribution in [3.05, 3.63) is 53.7 Å². The van der Waals surface area contributed by atoms with Crippen molar-refractivity contribution in [3.8, 4) is 0 Å². The summed E-state index contributed by atoms with van der Waals surface area (Å²) in [5, 5.41) is 0. The third kappa shape index (κ3) is 1.96. The number of benzene rings is 1. The molecule has 0 unspecified atom stereocenters. The first-order chi connectivity index (χ1) is 6.34. The average molecular weight is 173 g/mol. The summed E-state index contributed by atoms with van der Waals surface area (Å²) in [6.45, 7) is 1.86. The van der Waals surface area contributed by atoms with Gasteiger partial charge in [0.25, 0.3) is 0 Å². The highest BCUT2D eigenvalue weighted by Crippen LogP contribution is 2.08. The predicted molar refractivity (Wildman–Crippen MR) is 50.5 cm³/mol. The molecule has 0 atom stereocenters. The van der Waals surface area contributed by atoms with Crippen LogP contribution in [0.25, 0.3) is 0 Å². The van der Waals surface area contributed by atoms with Crippen LogP contribution in [-0.4, -0.2) is 4.98 Å². The van der Waals surface area contributed by atoms with Crippen molar-refractivity contribution in [3.63, 3.8) is 0 Å². The predicted octanol–water partition coefficient (Wildman–Crippen LogP) is 2.57. The molecule has 13 heavy (non-hydrogen) atoms. The molecule has 0 aliphatic rings. The lowest BCUT2D eigenvalue weighted by molar-refractivity contribution is 0.520. The molecular weight excluding hydrogens is 162 g/mol. The Morgan fingerprint density at radius 2 is 2.00 bits per heavy atom. The van der Waals surface area contributed by atoms with Crippen LogP contribution in [0.5, 0.6) is 0 Å². The number of oxazole rings is 1. The van der Waals surface area contributed by atoms with Gasteiger partial charge in [-0.2, -0.15) is 0 Å². The van der Waals surface area contributed by atoms with Crippen LogP contribution >= 0.6 is 0 Å². The first-order valence-corrected chi connectivity index (χ1v) is 4.29. The molecule has 0 bridgehead atoms. The molecule has 66 valence electrons. The number of nitrogens with zero attached hydrogens (tertiary/aromatic N) is 1. The lowest BCUT2D eigenvalue weighted by atomic mass is 10.1. The van der Waals surface area contributed by atoms with E-state index in [9.17, 15) is 0 Å². The highest BCUT2D eigenvalue weighted by molar-refractivity contribution is 5.20. The second kappa shape index (κ2) is 3.44. The maximum atomic E-state index is 5.13. The van der Waals surface area contributed by atoms with Crippen LogP contribution < -0.4 is 0 Å². The Labute approximate surface area is 77.2 Å². The highest BCUT2D eigenvalue weighted by Gasteiger charge is 1.99. The molecular formula is C11H11NO. The average Bonchev–Trinajstić information content (AvgIpc) is 2.53. The minimum Gasteiger partial charge on any atom is -0.449 e. The Balaban J connectivity index is 2.15. The van der Waals surface area contributed by atoms with Gasteiger partial charge < -0.3 is 4.42 Å². The third-order valence-corrected chi connectivity index (χ3v) is 1.89. The molecule has 0 fully saturated rings. The summed E-state index contributed by atoms with van der Waals surface area (Å²) in [4.78, 5) is 4.24. The number of hydrogen-bond acceptors (Lipinski definition) is 2. The number of aromatic nitrogens is 1. The zero-order valence-electron chi connectivity index (χ0n) is 7.53. The molecule has 2 heteroatoms. The van der Waals surface area contributed by atoms with Gasteiger partial charge in [0.1, 0.15) is 6.26 Å². The van der Waals surface area contributed by atoms with Crippen molar-refractivity contribution >= 4 is 0 Å². The van der Waals surface area contributed by atoms with Gasteiger partial charge >= 0.3 is 0 Å². The zero-order chi connectivity index (χ0) is 9.10. The summed E-state index contributed by atoms with van der Waals surface area (Å²) in [5.74, 6) is 0.728. The molecule has 0 spiro atoms. The zero-order valence-corrected chi connectivity index (χ0v) is 7.53. The van der Waals surface area contributed by atoms with Crippen molar-refractivity contribution in [1.82, 2.24) is 4.98 Å². The van der Waals surface area contributed by atoms with Crippen molar-refractivity contribution < 1.29 is 4.42 Å². The largest absolute Gasteiger partial charge is 0.449 e. The van der Waals surface area contributed by atoms with Gasteiger partial charge in [0.2, 0.25) is 0 Å². The molecule has 0 saturated heterocycles. The van der Waals surface area contributed by atoms with E-state index in [1.165, 1.54) is 5.56 Å². The minimum absolute atomic E-state index is 0.728. The Bertz CT molecular complexity index is 378. The molecule has 0 amide bonds. The fourth-order valence-electron chi connectivity index (χ4n) is 1.29. The molecule has 2 nitrogen and oxygen atoms in total. The van der Waals surface area contributed by atoms with Crippen LogP contribution in [0, 0.1) is 6.92 Å². The van der Waals surface area contributed by atoms with Crippen LogP contribution in [0.4, 0.5) is 0 Å². The van der Waals surface area contributed by atoms with E-state index < -0.39 is 0 Å². The summed E-state index contributed by atoms with van der Waals surface area (Å²) in [5.41, 5.74) is 2.25. The van der Waals surface area contributed by atoms with E-state index in [2.05, 4.69) is 17.1 Å². The first-order valence-electron chi connectivity index (χ1n) is 4.29. The van der Waals surface area contributed by atoms with Crippen LogP contribution in [0.1, 0.15) is 17.1 Å². The standard InChI is InChI=1S/C11H11NO/c1-9-12-11(8-13-9)7-10-5-3-2-4-6-10/h2-6,8H,7H2,1H3. The maximum Gasteiger partial charge on any atom is 0.191 e. The summed E-state index contributed by atoms with van der Waals surface area (Å²) >= 11 is 0. The van der Waals surface area contributed by atoms with Crippen molar-refractivity contribution in [2.75, 3.05) is 0 Å². The SMILES string of the molecule is Cc1nc(Cc2ccccc2)co1. The van der Waals surface area contributed by atoms with Gasteiger partial charge in [-0.15, -0.1) is 0 Å². The third-order valence-electron chi connectivity index (χ3n) is 1.89. The quantitative estimate of drug-likeness (QED) is 0.697. The van der Waals surface area contributed by atoms with Crippen LogP contribution in [-0.2, 0) is 6.42 Å². The van der Waals surface area contributed by atoms with E-state index in [-0.39, 0.29) is 0 Å².